The number of aromatic nitrogens is 1. The average Bonchev–Trinajstić information content (AvgIpc) is 2.45. The predicted molar refractivity (Wildman–Crippen MR) is 83.8 cm³/mol. The van der Waals surface area contributed by atoms with Crippen LogP contribution in [-0.4, -0.2) is 25.0 Å². The van der Waals surface area contributed by atoms with Crippen molar-refractivity contribution < 1.29 is 33.3 Å². The third-order valence-corrected chi connectivity index (χ3v) is 7.05. The number of hydrogen-bond acceptors (Lipinski definition) is 2. The van der Waals surface area contributed by atoms with Crippen molar-refractivity contribution in [1.82, 2.24) is 0 Å². The van der Waals surface area contributed by atoms with Crippen LogP contribution in [0.5, 0.6) is 0 Å². The van der Waals surface area contributed by atoms with Gasteiger partial charge in [-0.25, -0.2) is 4.57 Å². The van der Waals surface area contributed by atoms with E-state index < -0.39 is 27.1 Å². The number of nitrogens with zero attached hydrogens (tertiary/aromatic N) is 1. The van der Waals surface area contributed by atoms with E-state index >= 15 is 0 Å². The van der Waals surface area contributed by atoms with Crippen molar-refractivity contribution in [3.8, 4) is 0 Å². The number of hydrogen-bond donors (Lipinski definition) is 4. The van der Waals surface area contributed by atoms with E-state index in [2.05, 4.69) is 0 Å². The van der Waals surface area contributed by atoms with Crippen LogP contribution in [0.15, 0.2) is 54.9 Å². The molecular weight excluding hydrogens is 340 g/mol. The van der Waals surface area contributed by atoms with Gasteiger partial charge in [0.05, 0.1) is 0 Å². The van der Waals surface area contributed by atoms with Gasteiger partial charge in [-0.15, -0.1) is 0 Å². The minimum atomic E-state index is -4.91. The lowest BCUT2D eigenvalue weighted by atomic mass is 10.1. The van der Waals surface area contributed by atoms with Crippen LogP contribution < -0.4 is 4.57 Å². The van der Waals surface area contributed by atoms with Gasteiger partial charge in [-0.3, -0.25) is 9.13 Å². The molecule has 0 amide bonds. The minimum Gasteiger partial charge on any atom is -0.324 e. The van der Waals surface area contributed by atoms with Gasteiger partial charge in [0.15, 0.2) is 18.9 Å². The summed E-state index contributed by atoms with van der Waals surface area (Å²) in [5, 5.41) is -2.04. The first-order chi connectivity index (χ1) is 10.7. The fourth-order valence-electron chi connectivity index (χ4n) is 2.16. The fraction of sp³-hybridized carbons (Fsp3) is 0.214. The van der Waals surface area contributed by atoms with Gasteiger partial charge in [-0.05, 0) is 17.5 Å². The third-order valence-electron chi connectivity index (χ3n) is 3.36. The van der Waals surface area contributed by atoms with Crippen LogP contribution >= 0.6 is 15.2 Å². The Morgan fingerprint density at radius 2 is 1.30 bits per heavy atom. The molecule has 7 nitrogen and oxygen atoms in total. The molecule has 23 heavy (non-hydrogen) atoms. The van der Waals surface area contributed by atoms with Crippen LogP contribution in [0.2, 0.25) is 0 Å². The number of benzene rings is 1. The first kappa shape index (κ1) is 18.0. The quantitative estimate of drug-likeness (QED) is 0.456. The zero-order valence-corrected chi connectivity index (χ0v) is 13.9. The molecule has 1 heterocycles. The van der Waals surface area contributed by atoms with Crippen molar-refractivity contribution in [2.75, 3.05) is 0 Å². The van der Waals surface area contributed by atoms with Crippen molar-refractivity contribution in [3.05, 3.63) is 66.0 Å². The molecule has 0 aliphatic carbocycles. The Morgan fingerprint density at radius 1 is 0.826 bits per heavy atom. The average molecular weight is 358 g/mol. The SMILES string of the molecule is O=P(O)(O)C(C[n+]1ccc(Cc2ccccc2)cc1)P(=O)(O)O. The largest absolute Gasteiger partial charge is 0.347 e. The highest BCUT2D eigenvalue weighted by molar-refractivity contribution is 7.70. The summed E-state index contributed by atoms with van der Waals surface area (Å²) in [5.41, 5.74) is 2.10. The maximum absolute atomic E-state index is 11.3. The Morgan fingerprint density at radius 3 is 1.78 bits per heavy atom. The standard InChI is InChI=1S/C14H17NO6P2/c16-22(17,18)14(23(19,20)21)11-15-8-6-13(7-9-15)10-12-4-2-1-3-5-12/h1-9,14H,10-11H2,(H3-,16,17,18,19,20,21)/p+1. The monoisotopic (exact) mass is 358 g/mol. The van der Waals surface area contributed by atoms with Gasteiger partial charge >= 0.3 is 15.2 Å². The van der Waals surface area contributed by atoms with Gasteiger partial charge in [0, 0.05) is 12.1 Å². The highest BCUT2D eigenvalue weighted by Gasteiger charge is 2.46. The molecule has 9 heteroatoms. The Kier molecular flexibility index (Phi) is 5.53. The molecule has 1 aromatic carbocycles. The molecule has 0 fully saturated rings. The second-order valence-corrected chi connectivity index (χ2v) is 9.23. The van der Waals surface area contributed by atoms with Crippen molar-refractivity contribution in [2.24, 2.45) is 0 Å². The third kappa shape index (κ3) is 5.36. The van der Waals surface area contributed by atoms with Crippen LogP contribution in [0.1, 0.15) is 11.1 Å². The Balaban J connectivity index is 2.13. The van der Waals surface area contributed by atoms with Gasteiger partial charge in [0.2, 0.25) is 5.40 Å². The molecule has 0 radical (unpaired) electrons. The van der Waals surface area contributed by atoms with E-state index in [1.807, 2.05) is 30.3 Å². The first-order valence-corrected chi connectivity index (χ1v) is 10.1. The summed E-state index contributed by atoms with van der Waals surface area (Å²) in [6, 6.07) is 13.3. The zero-order valence-electron chi connectivity index (χ0n) is 12.1. The molecule has 2 rings (SSSR count). The van der Waals surface area contributed by atoms with E-state index in [4.69, 9.17) is 19.6 Å². The lowest BCUT2D eigenvalue weighted by Crippen LogP contribution is -2.39. The van der Waals surface area contributed by atoms with Crippen molar-refractivity contribution in [1.29, 1.82) is 0 Å². The van der Waals surface area contributed by atoms with Gasteiger partial charge in [-0.2, -0.15) is 0 Å². The predicted octanol–water partition coefficient (Wildman–Crippen LogP) is 1.25. The van der Waals surface area contributed by atoms with E-state index in [0.717, 1.165) is 11.1 Å². The normalized spacial score (nSPS) is 12.6. The van der Waals surface area contributed by atoms with Gasteiger partial charge in [-0.1, -0.05) is 30.3 Å². The molecule has 0 unspecified atom stereocenters. The van der Waals surface area contributed by atoms with E-state index in [9.17, 15) is 9.13 Å². The Bertz CT molecular complexity index is 716. The first-order valence-electron chi connectivity index (χ1n) is 6.78. The summed E-state index contributed by atoms with van der Waals surface area (Å²) in [6.07, 6.45) is 3.80. The maximum Gasteiger partial charge on any atom is 0.347 e. The van der Waals surface area contributed by atoms with E-state index in [-0.39, 0.29) is 0 Å². The summed E-state index contributed by atoms with van der Waals surface area (Å²) in [4.78, 5) is 36.5. The van der Waals surface area contributed by atoms with Crippen LogP contribution in [0.3, 0.4) is 0 Å². The molecule has 0 spiro atoms. The minimum absolute atomic E-state index is 0.458. The molecule has 0 saturated heterocycles. The summed E-state index contributed by atoms with van der Waals surface area (Å²) >= 11 is 0. The molecule has 0 saturated carbocycles. The van der Waals surface area contributed by atoms with Crippen LogP contribution in [0.4, 0.5) is 0 Å². The molecular formula is C14H18NO6P2+. The van der Waals surface area contributed by atoms with E-state index in [0.29, 0.717) is 6.42 Å². The molecule has 0 atom stereocenters. The Labute approximate surface area is 133 Å². The van der Waals surface area contributed by atoms with Gasteiger partial charge < -0.3 is 19.6 Å². The van der Waals surface area contributed by atoms with Crippen molar-refractivity contribution in [3.63, 3.8) is 0 Å². The second kappa shape index (κ2) is 7.05. The van der Waals surface area contributed by atoms with E-state index in [1.54, 1.807) is 24.5 Å². The summed E-state index contributed by atoms with van der Waals surface area (Å²) in [6.45, 7) is -0.458. The molecule has 1 aromatic heterocycles. The highest BCUT2D eigenvalue weighted by Crippen LogP contribution is 2.59. The van der Waals surface area contributed by atoms with Crippen LogP contribution in [0, 0.1) is 0 Å². The lowest BCUT2D eigenvalue weighted by molar-refractivity contribution is -0.694. The Hall–Kier alpha value is -1.33. The fourth-order valence-corrected chi connectivity index (χ4v) is 4.53. The second-order valence-electron chi connectivity index (χ2n) is 5.22. The highest BCUT2D eigenvalue weighted by atomic mass is 31.2. The molecule has 0 bridgehead atoms. The van der Waals surface area contributed by atoms with E-state index in [1.165, 1.54) is 4.57 Å². The van der Waals surface area contributed by atoms with Crippen molar-refractivity contribution >= 4 is 15.2 Å². The van der Waals surface area contributed by atoms with Crippen LogP contribution in [-0.2, 0) is 22.1 Å². The molecule has 2 aromatic rings. The van der Waals surface area contributed by atoms with Crippen LogP contribution in [0.25, 0.3) is 0 Å². The number of pyridine rings is 1. The topological polar surface area (TPSA) is 119 Å². The molecule has 4 N–H and O–H groups in total. The zero-order chi connectivity index (χ0) is 17.1. The summed E-state index contributed by atoms with van der Waals surface area (Å²) in [7, 11) is -9.83. The smallest absolute Gasteiger partial charge is 0.324 e. The summed E-state index contributed by atoms with van der Waals surface area (Å²) in [5.74, 6) is 0. The number of rotatable bonds is 6. The molecule has 124 valence electrons. The van der Waals surface area contributed by atoms with Crippen molar-refractivity contribution in [2.45, 2.75) is 18.4 Å². The summed E-state index contributed by atoms with van der Waals surface area (Å²) < 4.78 is 23.9. The lowest BCUT2D eigenvalue weighted by Gasteiger charge is -2.16. The molecule has 0 aliphatic heterocycles. The van der Waals surface area contributed by atoms with Gasteiger partial charge in [0.1, 0.15) is 0 Å². The van der Waals surface area contributed by atoms with Gasteiger partial charge in [0.25, 0.3) is 0 Å². The molecule has 0 aliphatic rings. The maximum atomic E-state index is 11.3.